The first-order valence-electron chi connectivity index (χ1n) is 16.9. The van der Waals surface area contributed by atoms with Crippen molar-refractivity contribution in [3.8, 4) is 11.1 Å². The van der Waals surface area contributed by atoms with Crippen LogP contribution in [0.3, 0.4) is 0 Å². The Kier molecular flexibility index (Phi) is 5.37. The van der Waals surface area contributed by atoms with Crippen LogP contribution in [-0.4, -0.2) is 11.7 Å². The average Bonchev–Trinajstić information content (AvgIpc) is 3.65. The number of nitrogens with zero attached hydrogens (tertiary/aromatic N) is 2. The molecule has 1 aliphatic heterocycles. The molecule has 0 aromatic heterocycles. The van der Waals surface area contributed by atoms with Crippen molar-refractivity contribution in [2.45, 2.75) is 11.6 Å². The summed E-state index contributed by atoms with van der Waals surface area (Å²) in [5.74, 6) is 1.65. The number of hydrogen-bond donors (Lipinski definition) is 1. The Morgan fingerprint density at radius 2 is 1.00 bits per heavy atom. The second kappa shape index (κ2) is 9.85. The minimum Gasteiger partial charge on any atom is -0.324 e. The zero-order valence-corrected chi connectivity index (χ0v) is 26.6. The van der Waals surface area contributed by atoms with Gasteiger partial charge in [0.1, 0.15) is 11.7 Å². The molecule has 3 heteroatoms. The van der Waals surface area contributed by atoms with Crippen LogP contribution in [0.4, 0.5) is 0 Å². The molecule has 1 heterocycles. The van der Waals surface area contributed by atoms with Gasteiger partial charge in [-0.15, -0.1) is 0 Å². The van der Waals surface area contributed by atoms with Crippen LogP contribution in [-0.2, 0) is 5.41 Å². The molecule has 0 amide bonds. The second-order valence-electron chi connectivity index (χ2n) is 13.4. The van der Waals surface area contributed by atoms with Gasteiger partial charge in [-0.25, -0.2) is 9.98 Å². The molecule has 8 aromatic rings. The van der Waals surface area contributed by atoms with E-state index in [-0.39, 0.29) is 6.17 Å². The molecule has 1 N–H and O–H groups in total. The molecule has 0 saturated heterocycles. The monoisotopic (exact) mass is 623 g/mol. The molecular weight excluding hydrogens is 595 g/mol. The number of rotatable bonds is 3. The molecular formula is C46H29N3. The van der Waals surface area contributed by atoms with Crippen molar-refractivity contribution < 1.29 is 0 Å². The largest absolute Gasteiger partial charge is 0.324 e. The molecule has 3 nitrogen and oxygen atoms in total. The van der Waals surface area contributed by atoms with E-state index in [1.165, 1.54) is 65.7 Å². The van der Waals surface area contributed by atoms with Crippen molar-refractivity contribution in [3.05, 3.63) is 203 Å². The lowest BCUT2D eigenvalue weighted by atomic mass is 9.70. The fourth-order valence-electron chi connectivity index (χ4n) is 8.79. The van der Waals surface area contributed by atoms with E-state index >= 15 is 0 Å². The fraction of sp³-hybridized carbons (Fsp3) is 0.0435. The lowest BCUT2D eigenvalue weighted by Gasteiger charge is -2.31. The number of benzene rings is 8. The van der Waals surface area contributed by atoms with E-state index in [9.17, 15) is 0 Å². The van der Waals surface area contributed by atoms with E-state index in [2.05, 4.69) is 163 Å². The Morgan fingerprint density at radius 1 is 0.408 bits per heavy atom. The highest BCUT2D eigenvalue weighted by Gasteiger charge is 2.50. The zero-order chi connectivity index (χ0) is 32.1. The predicted octanol–water partition coefficient (Wildman–Crippen LogP) is 10.3. The maximum Gasteiger partial charge on any atom is 0.169 e. The first-order chi connectivity index (χ1) is 24.3. The smallest absolute Gasteiger partial charge is 0.169 e. The van der Waals surface area contributed by atoms with E-state index in [1.54, 1.807) is 0 Å². The van der Waals surface area contributed by atoms with Crippen molar-refractivity contribution in [3.63, 3.8) is 0 Å². The van der Waals surface area contributed by atoms with Crippen molar-refractivity contribution in [1.29, 1.82) is 0 Å². The minimum atomic E-state index is -0.423. The van der Waals surface area contributed by atoms with Crippen LogP contribution >= 0.6 is 0 Å². The Bertz CT molecular complexity index is 2690. The topological polar surface area (TPSA) is 36.8 Å². The van der Waals surface area contributed by atoms with Gasteiger partial charge in [0.25, 0.3) is 0 Å². The SMILES string of the molecule is c1ccc(C2=NC(c3ccc4ccccc4c3)N=C(c3ccc4c(c3)C3(c5ccccc5-4)c4cccc5ccc6cccc3c6c45)N2)cc1. The van der Waals surface area contributed by atoms with Gasteiger partial charge < -0.3 is 5.32 Å². The van der Waals surface area contributed by atoms with Gasteiger partial charge in [0.15, 0.2) is 6.17 Å². The molecule has 0 fully saturated rings. The Morgan fingerprint density at radius 3 is 1.78 bits per heavy atom. The summed E-state index contributed by atoms with van der Waals surface area (Å²) in [6, 6.07) is 59.6. The number of fused-ring (bicyclic) bond motifs is 8. The second-order valence-corrected chi connectivity index (χ2v) is 13.4. The van der Waals surface area contributed by atoms with Gasteiger partial charge in [-0.2, -0.15) is 0 Å². The maximum atomic E-state index is 5.33. The Balaban J connectivity index is 1.14. The normalized spacial score (nSPS) is 16.5. The van der Waals surface area contributed by atoms with Crippen molar-refractivity contribution in [2.24, 2.45) is 9.98 Å². The number of amidine groups is 2. The summed E-state index contributed by atoms with van der Waals surface area (Å²) in [7, 11) is 0. The van der Waals surface area contributed by atoms with Crippen LogP contribution in [0.15, 0.2) is 174 Å². The molecule has 228 valence electrons. The lowest BCUT2D eigenvalue weighted by molar-refractivity contribution is 0.756. The number of aliphatic imine (C=N–C) groups is 2. The van der Waals surface area contributed by atoms with E-state index in [4.69, 9.17) is 9.98 Å². The van der Waals surface area contributed by atoms with Gasteiger partial charge in [-0.05, 0) is 83.4 Å². The third kappa shape index (κ3) is 3.62. The van der Waals surface area contributed by atoms with Crippen LogP contribution in [0.1, 0.15) is 45.1 Å². The van der Waals surface area contributed by atoms with Gasteiger partial charge in [-0.3, -0.25) is 0 Å². The molecule has 0 saturated carbocycles. The summed E-state index contributed by atoms with van der Waals surface area (Å²) in [5, 5.41) is 11.4. The first-order valence-corrected chi connectivity index (χ1v) is 16.9. The maximum absolute atomic E-state index is 5.33. The van der Waals surface area contributed by atoms with Crippen molar-refractivity contribution in [1.82, 2.24) is 5.32 Å². The van der Waals surface area contributed by atoms with E-state index in [0.29, 0.717) is 0 Å². The molecule has 8 aromatic carbocycles. The molecule has 3 aliphatic rings. The lowest BCUT2D eigenvalue weighted by Crippen LogP contribution is -2.36. The Hall–Kier alpha value is -6.32. The summed E-state index contributed by atoms with van der Waals surface area (Å²) in [5.41, 5.74) is 10.7. The third-order valence-electron chi connectivity index (χ3n) is 10.9. The summed E-state index contributed by atoms with van der Waals surface area (Å²) in [6.07, 6.45) is -0.381. The van der Waals surface area contributed by atoms with Crippen molar-refractivity contribution in [2.75, 3.05) is 0 Å². The summed E-state index contributed by atoms with van der Waals surface area (Å²) in [6.45, 7) is 0. The molecule has 49 heavy (non-hydrogen) atoms. The Labute approximate surface area is 283 Å². The van der Waals surface area contributed by atoms with E-state index in [1.807, 2.05) is 6.07 Å². The molecule has 2 aliphatic carbocycles. The van der Waals surface area contributed by atoms with Crippen LogP contribution in [0.5, 0.6) is 0 Å². The van der Waals surface area contributed by atoms with Crippen molar-refractivity contribution >= 4 is 44.0 Å². The summed E-state index contributed by atoms with van der Waals surface area (Å²) >= 11 is 0. The molecule has 1 unspecified atom stereocenters. The zero-order valence-electron chi connectivity index (χ0n) is 26.6. The number of nitrogens with one attached hydrogen (secondary N) is 1. The van der Waals surface area contributed by atoms with Crippen LogP contribution in [0.2, 0.25) is 0 Å². The highest BCUT2D eigenvalue weighted by atomic mass is 15.2. The van der Waals surface area contributed by atoms with Gasteiger partial charge in [0.05, 0.1) is 5.41 Å². The molecule has 1 atom stereocenters. The quantitative estimate of drug-likeness (QED) is 0.195. The average molecular weight is 624 g/mol. The van der Waals surface area contributed by atoms with Crippen LogP contribution in [0, 0.1) is 0 Å². The molecule has 11 rings (SSSR count). The van der Waals surface area contributed by atoms with E-state index < -0.39 is 5.41 Å². The standard InChI is InChI=1S/C46H29N3/c1-2-11-31(12-3-1)43-47-44(33-23-20-28-10-4-5-13-32(28)26-33)49-45(48-43)34-24-25-36-35-16-6-7-17-37(35)46(40(36)27-34)38-18-8-14-29-21-22-30-15-9-19-39(46)42(30)41(29)38/h1-27,44H,(H,47,48,49). The highest BCUT2D eigenvalue weighted by molar-refractivity contribution is 6.19. The fourth-order valence-corrected chi connectivity index (χ4v) is 8.79. The molecule has 0 bridgehead atoms. The number of hydrogen-bond acceptors (Lipinski definition) is 3. The third-order valence-corrected chi connectivity index (χ3v) is 10.9. The van der Waals surface area contributed by atoms with Crippen LogP contribution in [0.25, 0.3) is 43.4 Å². The predicted molar refractivity (Wildman–Crippen MR) is 202 cm³/mol. The molecule has 1 spiro atoms. The summed E-state index contributed by atoms with van der Waals surface area (Å²) in [4.78, 5) is 10.5. The van der Waals surface area contributed by atoms with E-state index in [0.717, 1.165) is 28.4 Å². The summed E-state index contributed by atoms with van der Waals surface area (Å²) < 4.78 is 0. The van der Waals surface area contributed by atoms with Gasteiger partial charge in [-0.1, -0.05) is 152 Å². The van der Waals surface area contributed by atoms with Crippen LogP contribution < -0.4 is 5.32 Å². The first kappa shape index (κ1) is 26.7. The minimum absolute atomic E-state index is 0.381. The highest BCUT2D eigenvalue weighted by Crippen LogP contribution is 2.62. The van der Waals surface area contributed by atoms with Gasteiger partial charge in [0.2, 0.25) is 0 Å². The van der Waals surface area contributed by atoms with Gasteiger partial charge in [0, 0.05) is 11.1 Å². The van der Waals surface area contributed by atoms with Gasteiger partial charge >= 0.3 is 0 Å². The molecule has 0 radical (unpaired) electrons.